The van der Waals surface area contributed by atoms with Gasteiger partial charge in [0.05, 0.1) is 0 Å². The molecule has 0 bridgehead atoms. The van der Waals surface area contributed by atoms with Crippen LogP contribution in [0.15, 0.2) is 36.9 Å². The summed E-state index contributed by atoms with van der Waals surface area (Å²) in [6, 6.07) is 5.71. The van der Waals surface area contributed by atoms with E-state index in [1.165, 1.54) is 12.1 Å². The van der Waals surface area contributed by atoms with E-state index in [1.54, 1.807) is 18.2 Å². The number of urea groups is 1. The molecule has 1 aromatic rings. The molecule has 0 fully saturated rings. The second-order valence-corrected chi connectivity index (χ2v) is 2.98. The van der Waals surface area contributed by atoms with E-state index in [0.717, 1.165) is 5.56 Å². The zero-order valence-corrected chi connectivity index (χ0v) is 8.29. The van der Waals surface area contributed by atoms with Gasteiger partial charge in [0.25, 0.3) is 0 Å². The van der Waals surface area contributed by atoms with Crippen LogP contribution >= 0.6 is 0 Å². The fourth-order valence-electron chi connectivity index (χ4n) is 1.01. The quantitative estimate of drug-likeness (QED) is 0.728. The first-order valence-electron chi connectivity index (χ1n) is 4.59. The maximum absolute atomic E-state index is 12.5. The first-order valence-corrected chi connectivity index (χ1v) is 4.59. The van der Waals surface area contributed by atoms with Crippen LogP contribution in [0.25, 0.3) is 0 Å². The van der Waals surface area contributed by atoms with E-state index in [0.29, 0.717) is 13.1 Å². The van der Waals surface area contributed by atoms with Crippen LogP contribution in [-0.2, 0) is 6.54 Å². The highest BCUT2D eigenvalue weighted by Crippen LogP contribution is 2.01. The third kappa shape index (κ3) is 4.26. The van der Waals surface area contributed by atoms with E-state index in [-0.39, 0.29) is 11.8 Å². The predicted octanol–water partition coefficient (Wildman–Crippen LogP) is 1.81. The average Bonchev–Trinajstić information content (AvgIpc) is 2.25. The average molecular weight is 208 g/mol. The molecule has 2 amide bonds. The molecule has 80 valence electrons. The van der Waals surface area contributed by atoms with Gasteiger partial charge in [0.2, 0.25) is 0 Å². The molecule has 4 heteroatoms. The Labute approximate surface area is 88.0 Å². The van der Waals surface area contributed by atoms with Gasteiger partial charge in [-0.1, -0.05) is 18.2 Å². The van der Waals surface area contributed by atoms with Crippen LogP contribution in [0, 0.1) is 5.82 Å². The molecular formula is C11H13FN2O. The first-order chi connectivity index (χ1) is 7.22. The van der Waals surface area contributed by atoms with E-state index in [1.807, 2.05) is 0 Å². The van der Waals surface area contributed by atoms with Gasteiger partial charge in [0.15, 0.2) is 0 Å². The molecule has 0 atom stereocenters. The van der Waals surface area contributed by atoms with Gasteiger partial charge in [-0.2, -0.15) is 0 Å². The maximum Gasteiger partial charge on any atom is 0.315 e. The third-order valence-corrected chi connectivity index (χ3v) is 1.77. The number of hydrogen-bond acceptors (Lipinski definition) is 1. The molecule has 3 nitrogen and oxygen atoms in total. The largest absolute Gasteiger partial charge is 0.335 e. The number of carbonyl (C=O) groups is 1. The van der Waals surface area contributed by atoms with Gasteiger partial charge in [-0.25, -0.2) is 9.18 Å². The minimum atomic E-state index is -0.283. The Hall–Kier alpha value is -1.84. The predicted molar refractivity (Wildman–Crippen MR) is 56.8 cm³/mol. The maximum atomic E-state index is 12.5. The van der Waals surface area contributed by atoms with Crippen molar-refractivity contribution < 1.29 is 9.18 Å². The van der Waals surface area contributed by atoms with Crippen LogP contribution in [0.1, 0.15) is 5.56 Å². The smallest absolute Gasteiger partial charge is 0.315 e. The van der Waals surface area contributed by atoms with Gasteiger partial charge in [-0.3, -0.25) is 0 Å². The van der Waals surface area contributed by atoms with E-state index < -0.39 is 0 Å². The Bertz CT molecular complexity index is 335. The molecule has 0 unspecified atom stereocenters. The Morgan fingerprint density at radius 3 is 2.60 bits per heavy atom. The van der Waals surface area contributed by atoms with Crippen molar-refractivity contribution in [2.75, 3.05) is 6.54 Å². The van der Waals surface area contributed by atoms with Crippen molar-refractivity contribution in [3.63, 3.8) is 0 Å². The molecule has 0 aliphatic heterocycles. The van der Waals surface area contributed by atoms with Crippen LogP contribution in [0.3, 0.4) is 0 Å². The fourth-order valence-corrected chi connectivity index (χ4v) is 1.01. The fraction of sp³-hybridized carbons (Fsp3) is 0.182. The zero-order chi connectivity index (χ0) is 11.1. The van der Waals surface area contributed by atoms with Gasteiger partial charge in [0.1, 0.15) is 5.82 Å². The lowest BCUT2D eigenvalue weighted by molar-refractivity contribution is 0.241. The lowest BCUT2D eigenvalue weighted by Crippen LogP contribution is -2.34. The van der Waals surface area contributed by atoms with Crippen molar-refractivity contribution in [3.05, 3.63) is 48.3 Å². The van der Waals surface area contributed by atoms with Crippen LogP contribution in [0.4, 0.5) is 9.18 Å². The highest BCUT2D eigenvalue weighted by molar-refractivity contribution is 5.73. The molecule has 0 spiro atoms. The molecule has 0 saturated carbocycles. The minimum Gasteiger partial charge on any atom is -0.335 e. The molecule has 15 heavy (non-hydrogen) atoms. The topological polar surface area (TPSA) is 41.1 Å². The summed E-state index contributed by atoms with van der Waals surface area (Å²) in [5.41, 5.74) is 0.852. The highest BCUT2D eigenvalue weighted by Gasteiger charge is 1.98. The Balaban J connectivity index is 2.33. The van der Waals surface area contributed by atoms with Crippen molar-refractivity contribution in [1.82, 2.24) is 10.6 Å². The van der Waals surface area contributed by atoms with Crippen molar-refractivity contribution >= 4 is 6.03 Å². The summed E-state index contributed by atoms with van der Waals surface area (Å²) in [7, 11) is 0. The molecule has 0 heterocycles. The molecule has 0 aromatic heterocycles. The summed E-state index contributed by atoms with van der Waals surface area (Å²) >= 11 is 0. The summed E-state index contributed by atoms with van der Waals surface area (Å²) in [5.74, 6) is -0.283. The molecule has 2 N–H and O–H groups in total. The van der Waals surface area contributed by atoms with Crippen LogP contribution in [0.5, 0.6) is 0 Å². The van der Waals surface area contributed by atoms with E-state index >= 15 is 0 Å². The molecule has 0 saturated heterocycles. The van der Waals surface area contributed by atoms with Crippen LogP contribution < -0.4 is 10.6 Å². The molecule has 0 aliphatic rings. The highest BCUT2D eigenvalue weighted by atomic mass is 19.1. The number of hydrogen-bond donors (Lipinski definition) is 2. The Morgan fingerprint density at radius 2 is 2.00 bits per heavy atom. The SMILES string of the molecule is C=CCNC(=O)NCc1ccc(F)cc1. The third-order valence-electron chi connectivity index (χ3n) is 1.77. The summed E-state index contributed by atoms with van der Waals surface area (Å²) in [5, 5.41) is 5.20. The first kappa shape index (κ1) is 11.2. The molecule has 1 rings (SSSR count). The van der Waals surface area contributed by atoms with E-state index in [9.17, 15) is 9.18 Å². The van der Waals surface area contributed by atoms with Crippen LogP contribution in [0.2, 0.25) is 0 Å². The van der Waals surface area contributed by atoms with Gasteiger partial charge in [0, 0.05) is 13.1 Å². The summed E-state index contributed by atoms with van der Waals surface area (Å²) in [6.45, 7) is 4.28. The molecule has 0 radical (unpaired) electrons. The Morgan fingerprint density at radius 1 is 1.33 bits per heavy atom. The molecule has 1 aromatic carbocycles. The second-order valence-electron chi connectivity index (χ2n) is 2.98. The Kier molecular flexibility index (Phi) is 4.34. The van der Waals surface area contributed by atoms with E-state index in [2.05, 4.69) is 17.2 Å². The lowest BCUT2D eigenvalue weighted by atomic mass is 10.2. The van der Waals surface area contributed by atoms with Gasteiger partial charge in [-0.15, -0.1) is 6.58 Å². The number of carbonyl (C=O) groups excluding carboxylic acids is 1. The minimum absolute atomic E-state index is 0.265. The van der Waals surface area contributed by atoms with Crippen LogP contribution in [-0.4, -0.2) is 12.6 Å². The summed E-state index contributed by atoms with van der Waals surface area (Å²) < 4.78 is 12.5. The zero-order valence-electron chi connectivity index (χ0n) is 8.29. The standard InChI is InChI=1S/C11H13FN2O/c1-2-7-13-11(15)14-8-9-3-5-10(12)6-4-9/h2-6H,1,7-8H2,(H2,13,14,15). The number of benzene rings is 1. The van der Waals surface area contributed by atoms with Crippen molar-refractivity contribution in [2.24, 2.45) is 0 Å². The number of amides is 2. The normalized spacial score (nSPS) is 9.40. The lowest BCUT2D eigenvalue weighted by Gasteiger charge is -2.05. The number of halogens is 1. The van der Waals surface area contributed by atoms with E-state index in [4.69, 9.17) is 0 Å². The van der Waals surface area contributed by atoms with Gasteiger partial charge >= 0.3 is 6.03 Å². The monoisotopic (exact) mass is 208 g/mol. The van der Waals surface area contributed by atoms with Crippen molar-refractivity contribution in [2.45, 2.75) is 6.54 Å². The molecular weight excluding hydrogens is 195 g/mol. The van der Waals surface area contributed by atoms with Crippen molar-refractivity contribution in [3.8, 4) is 0 Å². The van der Waals surface area contributed by atoms with Crippen molar-refractivity contribution in [1.29, 1.82) is 0 Å². The summed E-state index contributed by atoms with van der Waals surface area (Å²) in [4.78, 5) is 11.1. The van der Waals surface area contributed by atoms with Gasteiger partial charge < -0.3 is 10.6 Å². The number of rotatable bonds is 4. The second kappa shape index (κ2) is 5.80. The molecule has 0 aliphatic carbocycles. The summed E-state index contributed by atoms with van der Waals surface area (Å²) in [6.07, 6.45) is 1.59. The van der Waals surface area contributed by atoms with Gasteiger partial charge in [-0.05, 0) is 17.7 Å². The number of nitrogens with one attached hydrogen (secondary N) is 2.